The number of rotatable bonds is 4. The number of urea groups is 1. The highest BCUT2D eigenvalue weighted by Gasteiger charge is 2.37. The molecule has 11 heteroatoms. The van der Waals surface area contributed by atoms with Crippen molar-refractivity contribution in [3.05, 3.63) is 88.8 Å². The first-order valence-corrected chi connectivity index (χ1v) is 9.48. The number of hydrogen-bond donors (Lipinski definition) is 2. The van der Waals surface area contributed by atoms with Crippen molar-refractivity contribution in [2.24, 2.45) is 0 Å². The van der Waals surface area contributed by atoms with E-state index < -0.39 is 35.2 Å². The molecule has 0 aromatic heterocycles. The predicted octanol–water partition coefficient (Wildman–Crippen LogP) is 8.02. The van der Waals surface area contributed by atoms with Gasteiger partial charge in [-0.05, 0) is 48.9 Å². The van der Waals surface area contributed by atoms with E-state index in [2.05, 4.69) is 10.2 Å². The molecule has 0 unspecified atom stereocenters. The van der Waals surface area contributed by atoms with Gasteiger partial charge in [-0.2, -0.15) is 26.3 Å². The number of aryl methyl sites for hydroxylation is 1. The number of hydrogen-bond acceptors (Lipinski definition) is 2. The highest BCUT2D eigenvalue weighted by Crippen LogP contribution is 2.37. The molecular formula is C23H15F6N3O2. The van der Waals surface area contributed by atoms with Crippen LogP contribution < -0.4 is 15.4 Å². The van der Waals surface area contributed by atoms with Gasteiger partial charge in [0, 0.05) is 17.4 Å². The van der Waals surface area contributed by atoms with Crippen LogP contribution in [0.3, 0.4) is 0 Å². The second kappa shape index (κ2) is 9.35. The van der Waals surface area contributed by atoms with Gasteiger partial charge in [0.1, 0.15) is 11.5 Å². The van der Waals surface area contributed by atoms with E-state index in [-0.39, 0.29) is 11.8 Å². The zero-order valence-corrected chi connectivity index (χ0v) is 17.3. The van der Waals surface area contributed by atoms with Crippen LogP contribution in [-0.4, -0.2) is 6.03 Å². The Hall–Kier alpha value is -4.20. The summed E-state index contributed by atoms with van der Waals surface area (Å²) in [5, 5.41) is 4.34. The first kappa shape index (κ1) is 24.4. The maximum atomic E-state index is 13.0. The minimum atomic E-state index is -5.04. The fourth-order valence-corrected chi connectivity index (χ4v) is 2.82. The van der Waals surface area contributed by atoms with Crippen molar-refractivity contribution in [2.45, 2.75) is 19.3 Å². The van der Waals surface area contributed by atoms with E-state index in [0.717, 1.165) is 0 Å². The smallest absolute Gasteiger partial charge is 0.416 e. The SMILES string of the molecule is [C-]#[N+]c1ccc(Oc2cc(NC(=O)Nc3cc(C(F)(F)F)cc(C(F)(F)F)c3)ccc2C)cc1. The third-order valence-electron chi connectivity index (χ3n) is 4.49. The number of alkyl halides is 6. The molecule has 176 valence electrons. The third-order valence-corrected chi connectivity index (χ3v) is 4.49. The summed E-state index contributed by atoms with van der Waals surface area (Å²) >= 11 is 0. The molecule has 0 atom stereocenters. The molecule has 0 saturated carbocycles. The topological polar surface area (TPSA) is 54.7 Å². The molecule has 3 aromatic rings. The number of nitrogens with zero attached hydrogens (tertiary/aromatic N) is 1. The van der Waals surface area contributed by atoms with Gasteiger partial charge in [-0.1, -0.05) is 18.2 Å². The Labute approximate surface area is 189 Å². The summed E-state index contributed by atoms with van der Waals surface area (Å²) in [7, 11) is 0. The Morgan fingerprint density at radius 3 is 1.91 bits per heavy atom. The Balaban J connectivity index is 1.78. The number of halogens is 6. The van der Waals surface area contributed by atoms with Crippen LogP contribution in [0.4, 0.5) is 48.2 Å². The summed E-state index contributed by atoms with van der Waals surface area (Å²) in [5.74, 6) is 0.757. The Morgan fingerprint density at radius 2 is 1.38 bits per heavy atom. The maximum Gasteiger partial charge on any atom is 0.416 e. The largest absolute Gasteiger partial charge is 0.457 e. The fourth-order valence-electron chi connectivity index (χ4n) is 2.82. The monoisotopic (exact) mass is 479 g/mol. The van der Waals surface area contributed by atoms with Crippen LogP contribution in [0.5, 0.6) is 11.5 Å². The van der Waals surface area contributed by atoms with E-state index in [9.17, 15) is 31.1 Å². The molecule has 2 N–H and O–H groups in total. The minimum Gasteiger partial charge on any atom is -0.457 e. The van der Waals surface area contributed by atoms with E-state index in [0.29, 0.717) is 34.9 Å². The lowest BCUT2D eigenvalue weighted by Gasteiger charge is -2.15. The summed E-state index contributed by atoms with van der Waals surface area (Å²) in [6.45, 7) is 8.68. The molecule has 5 nitrogen and oxygen atoms in total. The summed E-state index contributed by atoms with van der Waals surface area (Å²) in [6.07, 6.45) is -10.1. The molecule has 0 heterocycles. The van der Waals surface area contributed by atoms with E-state index in [4.69, 9.17) is 11.3 Å². The quantitative estimate of drug-likeness (QED) is 0.294. The van der Waals surface area contributed by atoms with Crippen molar-refractivity contribution >= 4 is 23.1 Å². The molecule has 34 heavy (non-hydrogen) atoms. The Bertz CT molecular complexity index is 1210. The Kier molecular flexibility index (Phi) is 6.72. The second-order valence-corrected chi connectivity index (χ2v) is 7.06. The van der Waals surface area contributed by atoms with Gasteiger partial charge < -0.3 is 15.4 Å². The van der Waals surface area contributed by atoms with E-state index in [1.54, 1.807) is 37.3 Å². The van der Waals surface area contributed by atoms with Gasteiger partial charge in [0.2, 0.25) is 0 Å². The molecule has 3 rings (SSSR count). The number of ether oxygens (including phenoxy) is 1. The lowest BCUT2D eigenvalue weighted by atomic mass is 10.1. The van der Waals surface area contributed by atoms with Crippen LogP contribution in [0.2, 0.25) is 0 Å². The number of amides is 2. The average molecular weight is 479 g/mol. The van der Waals surface area contributed by atoms with Crippen LogP contribution in [0.1, 0.15) is 16.7 Å². The van der Waals surface area contributed by atoms with Gasteiger partial charge in [0.25, 0.3) is 0 Å². The van der Waals surface area contributed by atoms with Crippen molar-refractivity contribution < 1.29 is 35.9 Å². The normalized spacial score (nSPS) is 11.5. The van der Waals surface area contributed by atoms with Crippen molar-refractivity contribution in [2.75, 3.05) is 10.6 Å². The van der Waals surface area contributed by atoms with Crippen LogP contribution >= 0.6 is 0 Å². The molecule has 3 aromatic carbocycles. The maximum absolute atomic E-state index is 13.0. The van der Waals surface area contributed by atoms with E-state index in [1.165, 1.54) is 12.1 Å². The van der Waals surface area contributed by atoms with E-state index in [1.807, 2.05) is 5.32 Å². The predicted molar refractivity (Wildman–Crippen MR) is 113 cm³/mol. The van der Waals surface area contributed by atoms with E-state index >= 15 is 0 Å². The molecule has 0 saturated heterocycles. The number of carbonyl (C=O) groups excluding carboxylic acids is 1. The van der Waals surface area contributed by atoms with Crippen molar-refractivity contribution in [1.82, 2.24) is 0 Å². The lowest BCUT2D eigenvalue weighted by Crippen LogP contribution is -2.20. The summed E-state index contributed by atoms with van der Waals surface area (Å²) < 4.78 is 83.7. The van der Waals surface area contributed by atoms with Crippen molar-refractivity contribution in [1.29, 1.82) is 0 Å². The fraction of sp³-hybridized carbons (Fsp3) is 0.130. The van der Waals surface area contributed by atoms with Gasteiger partial charge in [0.05, 0.1) is 17.7 Å². The summed E-state index contributed by atoms with van der Waals surface area (Å²) in [4.78, 5) is 15.5. The first-order valence-electron chi connectivity index (χ1n) is 9.48. The molecule has 0 aliphatic rings. The highest BCUT2D eigenvalue weighted by atomic mass is 19.4. The summed E-state index contributed by atoms with van der Waals surface area (Å²) in [6, 6.07) is 10.5. The van der Waals surface area contributed by atoms with Gasteiger partial charge >= 0.3 is 18.4 Å². The third kappa shape index (κ3) is 6.19. The molecule has 2 amide bonds. The van der Waals surface area contributed by atoms with Crippen molar-refractivity contribution in [3.8, 4) is 11.5 Å². The van der Waals surface area contributed by atoms with Gasteiger partial charge in [0.15, 0.2) is 5.69 Å². The minimum absolute atomic E-state index is 0.0304. The molecule has 0 aliphatic heterocycles. The number of benzene rings is 3. The number of carbonyl (C=O) groups is 1. The van der Waals surface area contributed by atoms with Gasteiger partial charge in [-0.3, -0.25) is 0 Å². The number of anilines is 2. The second-order valence-electron chi connectivity index (χ2n) is 7.06. The number of nitrogens with one attached hydrogen (secondary N) is 2. The Morgan fingerprint density at radius 1 is 0.824 bits per heavy atom. The van der Waals surface area contributed by atoms with Crippen LogP contribution in [0.15, 0.2) is 60.7 Å². The standard InChI is InChI=1S/C23H15F6N3O2/c1-13-3-4-17(12-20(13)34-19-7-5-16(30-2)6-8-19)31-21(33)32-18-10-14(22(24,25)26)9-15(11-18)23(27,28)29/h3-12H,1H3,(H2,31,32,33). The van der Waals surface area contributed by atoms with Gasteiger partial charge in [-0.25, -0.2) is 9.64 Å². The molecule has 0 spiro atoms. The molecule has 0 bridgehead atoms. The van der Waals surface area contributed by atoms with Crippen LogP contribution in [-0.2, 0) is 12.4 Å². The molecular weight excluding hydrogens is 464 g/mol. The van der Waals surface area contributed by atoms with Crippen LogP contribution in [0.25, 0.3) is 4.85 Å². The van der Waals surface area contributed by atoms with Crippen molar-refractivity contribution in [3.63, 3.8) is 0 Å². The average Bonchev–Trinajstić information content (AvgIpc) is 2.75. The molecule has 0 fully saturated rings. The summed E-state index contributed by atoms with van der Waals surface area (Å²) in [5.41, 5.74) is -2.49. The zero-order chi connectivity index (χ0) is 25.1. The molecule has 0 aliphatic carbocycles. The first-order chi connectivity index (χ1) is 15.8. The highest BCUT2D eigenvalue weighted by molar-refractivity contribution is 6.00. The lowest BCUT2D eigenvalue weighted by molar-refractivity contribution is -0.143. The zero-order valence-electron chi connectivity index (χ0n) is 17.3. The van der Waals surface area contributed by atoms with Crippen LogP contribution in [0, 0.1) is 13.5 Å². The van der Waals surface area contributed by atoms with Gasteiger partial charge in [-0.15, -0.1) is 0 Å². The molecule has 0 radical (unpaired) electrons.